The van der Waals surface area contributed by atoms with Gasteiger partial charge in [0.2, 0.25) is 0 Å². The second-order valence-electron chi connectivity index (χ2n) is 8.81. The minimum Gasteiger partial charge on any atom is -0.497 e. The molecule has 2 N–H and O–H groups in total. The van der Waals surface area contributed by atoms with E-state index in [2.05, 4.69) is 23.6 Å². The van der Waals surface area contributed by atoms with E-state index in [-0.39, 0.29) is 18.2 Å². The fourth-order valence-corrected chi connectivity index (χ4v) is 4.25. The van der Waals surface area contributed by atoms with Gasteiger partial charge >= 0.3 is 0 Å². The van der Waals surface area contributed by atoms with Crippen LogP contribution in [0.1, 0.15) is 45.1 Å². The molecule has 1 unspecified atom stereocenters. The summed E-state index contributed by atoms with van der Waals surface area (Å²) in [4.78, 5) is 4.69. The maximum atomic E-state index is 10.4. The van der Waals surface area contributed by atoms with Crippen molar-refractivity contribution in [3.05, 3.63) is 23.8 Å². The van der Waals surface area contributed by atoms with E-state index in [4.69, 9.17) is 9.47 Å². The maximum absolute atomic E-state index is 10.4. The molecule has 0 radical (unpaired) electrons. The van der Waals surface area contributed by atoms with Crippen molar-refractivity contribution in [2.75, 3.05) is 39.9 Å². The molecule has 6 nitrogen and oxygen atoms in total. The third kappa shape index (κ3) is 5.60. The topological polar surface area (TPSA) is 65.4 Å². The van der Waals surface area contributed by atoms with Gasteiger partial charge in [0.05, 0.1) is 13.2 Å². The fraction of sp³-hybridized carbons (Fsp3) is 0.727. The normalized spacial score (nSPS) is 22.3. The summed E-state index contributed by atoms with van der Waals surface area (Å²) in [5.74, 6) is 1.64. The zero-order valence-corrected chi connectivity index (χ0v) is 17.6. The van der Waals surface area contributed by atoms with E-state index in [1.54, 1.807) is 7.11 Å². The monoisotopic (exact) mass is 392 g/mol. The third-order valence-corrected chi connectivity index (χ3v) is 6.16. The molecule has 3 rings (SSSR count). The van der Waals surface area contributed by atoms with Crippen LogP contribution in [-0.4, -0.2) is 77.7 Å². The molecule has 6 heteroatoms. The second kappa shape index (κ2) is 9.44. The molecule has 158 valence electrons. The molecular weight excluding hydrogens is 356 g/mol. The molecule has 2 saturated heterocycles. The van der Waals surface area contributed by atoms with E-state index in [0.29, 0.717) is 6.54 Å². The molecule has 0 amide bonds. The predicted molar refractivity (Wildman–Crippen MR) is 110 cm³/mol. The molecule has 2 aliphatic rings. The third-order valence-electron chi connectivity index (χ3n) is 6.16. The largest absolute Gasteiger partial charge is 0.497 e. The van der Waals surface area contributed by atoms with Crippen LogP contribution in [0.3, 0.4) is 0 Å². The first-order valence-electron chi connectivity index (χ1n) is 10.5. The Morgan fingerprint density at radius 1 is 1.21 bits per heavy atom. The van der Waals surface area contributed by atoms with Crippen LogP contribution in [-0.2, 0) is 6.54 Å². The Hall–Kier alpha value is -1.34. The number of nitrogens with zero attached hydrogens (tertiary/aromatic N) is 2. The lowest BCUT2D eigenvalue weighted by Crippen LogP contribution is -2.42. The van der Waals surface area contributed by atoms with Crippen LogP contribution < -0.4 is 9.47 Å². The first kappa shape index (κ1) is 21.4. The van der Waals surface area contributed by atoms with E-state index in [1.165, 1.54) is 12.8 Å². The quantitative estimate of drug-likeness (QED) is 0.708. The van der Waals surface area contributed by atoms with Gasteiger partial charge in [0.15, 0.2) is 0 Å². The Kier molecular flexibility index (Phi) is 7.20. The van der Waals surface area contributed by atoms with Gasteiger partial charge in [-0.2, -0.15) is 0 Å². The molecule has 0 saturated carbocycles. The molecule has 2 heterocycles. The highest BCUT2D eigenvalue weighted by molar-refractivity contribution is 5.40. The number of piperidine rings is 1. The summed E-state index contributed by atoms with van der Waals surface area (Å²) < 4.78 is 11.4. The Labute approximate surface area is 169 Å². The van der Waals surface area contributed by atoms with Crippen LogP contribution in [0.2, 0.25) is 0 Å². The van der Waals surface area contributed by atoms with Crippen molar-refractivity contribution in [1.82, 2.24) is 9.80 Å². The molecule has 2 fully saturated rings. The number of likely N-dealkylation sites (tertiary alicyclic amines) is 2. The summed E-state index contributed by atoms with van der Waals surface area (Å²) in [6.07, 6.45) is 3.24. The molecule has 2 aliphatic heterocycles. The fourth-order valence-electron chi connectivity index (χ4n) is 4.25. The van der Waals surface area contributed by atoms with Crippen LogP contribution in [0.25, 0.3) is 0 Å². The Morgan fingerprint density at radius 2 is 1.96 bits per heavy atom. The van der Waals surface area contributed by atoms with Gasteiger partial charge in [-0.25, -0.2) is 0 Å². The minimum atomic E-state index is -0.548. The van der Waals surface area contributed by atoms with Crippen LogP contribution in [0.15, 0.2) is 18.2 Å². The highest BCUT2D eigenvalue weighted by Crippen LogP contribution is 2.33. The van der Waals surface area contributed by atoms with Gasteiger partial charge in [0.25, 0.3) is 0 Å². The average molecular weight is 393 g/mol. The van der Waals surface area contributed by atoms with Gasteiger partial charge in [0, 0.05) is 37.3 Å². The number of hydrogen-bond acceptors (Lipinski definition) is 6. The van der Waals surface area contributed by atoms with Crippen molar-refractivity contribution < 1.29 is 19.7 Å². The molecule has 1 aromatic carbocycles. The number of methoxy groups -OCH3 is 1. The number of β-amino-alcohol motifs (C(OH)–C–C–N with tert-alkyl or cyclic N) is 1. The number of hydrogen-bond donors (Lipinski definition) is 2. The minimum absolute atomic E-state index is 0.193. The first-order valence-corrected chi connectivity index (χ1v) is 10.5. The lowest BCUT2D eigenvalue weighted by molar-refractivity contribution is 0.0334. The van der Waals surface area contributed by atoms with Crippen molar-refractivity contribution in [3.63, 3.8) is 0 Å². The van der Waals surface area contributed by atoms with Crippen LogP contribution in [0.5, 0.6) is 11.5 Å². The van der Waals surface area contributed by atoms with Crippen molar-refractivity contribution in [3.8, 4) is 11.5 Å². The van der Waals surface area contributed by atoms with E-state index >= 15 is 0 Å². The highest BCUT2D eigenvalue weighted by atomic mass is 16.5. The van der Waals surface area contributed by atoms with Crippen molar-refractivity contribution in [2.24, 2.45) is 0 Å². The lowest BCUT2D eigenvalue weighted by Gasteiger charge is -2.32. The van der Waals surface area contributed by atoms with Gasteiger partial charge in [-0.1, -0.05) is 0 Å². The smallest absolute Gasteiger partial charge is 0.124 e. The standard InChI is InChI=1S/C22H36N2O4/c1-22(2)9-4-10-24(22)14-17-13-20(27-3)5-6-21(17)28-16-19(26)15-23-11-7-18(25)8-12-23/h5-6,13,18-19,25-26H,4,7-12,14-16H2,1-3H3. The van der Waals surface area contributed by atoms with Gasteiger partial charge < -0.3 is 24.6 Å². The van der Waals surface area contributed by atoms with E-state index in [1.807, 2.05) is 18.2 Å². The van der Waals surface area contributed by atoms with Gasteiger partial charge in [-0.15, -0.1) is 0 Å². The Bertz CT molecular complexity index is 629. The number of benzene rings is 1. The van der Waals surface area contributed by atoms with Crippen LogP contribution in [0.4, 0.5) is 0 Å². The van der Waals surface area contributed by atoms with Gasteiger partial charge in [0.1, 0.15) is 24.2 Å². The molecule has 0 aromatic heterocycles. The van der Waals surface area contributed by atoms with E-state index in [0.717, 1.165) is 56.1 Å². The number of aliphatic hydroxyl groups excluding tert-OH is 2. The van der Waals surface area contributed by atoms with Crippen molar-refractivity contribution >= 4 is 0 Å². The summed E-state index contributed by atoms with van der Waals surface area (Å²) in [5, 5.41) is 20.0. The summed E-state index contributed by atoms with van der Waals surface area (Å²) in [6, 6.07) is 5.90. The molecule has 0 spiro atoms. The summed E-state index contributed by atoms with van der Waals surface area (Å²) in [7, 11) is 1.68. The molecule has 1 atom stereocenters. The predicted octanol–water partition coefficient (Wildman–Crippen LogP) is 2.27. The second-order valence-corrected chi connectivity index (χ2v) is 8.81. The van der Waals surface area contributed by atoms with Gasteiger partial charge in [-0.3, -0.25) is 4.90 Å². The SMILES string of the molecule is COc1ccc(OCC(O)CN2CCC(O)CC2)c(CN2CCCC2(C)C)c1. The zero-order chi connectivity index (χ0) is 20.1. The van der Waals surface area contributed by atoms with Crippen molar-refractivity contribution in [1.29, 1.82) is 0 Å². The number of aliphatic hydroxyl groups is 2. The number of ether oxygens (including phenoxy) is 2. The molecular formula is C22H36N2O4. The Morgan fingerprint density at radius 3 is 2.61 bits per heavy atom. The zero-order valence-electron chi connectivity index (χ0n) is 17.6. The summed E-state index contributed by atoms with van der Waals surface area (Å²) in [6.45, 7) is 9.00. The summed E-state index contributed by atoms with van der Waals surface area (Å²) >= 11 is 0. The summed E-state index contributed by atoms with van der Waals surface area (Å²) in [5.41, 5.74) is 1.29. The van der Waals surface area contributed by atoms with Crippen molar-refractivity contribution in [2.45, 2.75) is 63.8 Å². The van der Waals surface area contributed by atoms with E-state index in [9.17, 15) is 10.2 Å². The molecule has 28 heavy (non-hydrogen) atoms. The lowest BCUT2D eigenvalue weighted by atomic mass is 10.0. The highest BCUT2D eigenvalue weighted by Gasteiger charge is 2.32. The Balaban J connectivity index is 1.59. The average Bonchev–Trinajstić information content (AvgIpc) is 3.00. The first-order chi connectivity index (χ1) is 13.4. The van der Waals surface area contributed by atoms with Crippen LogP contribution >= 0.6 is 0 Å². The molecule has 1 aromatic rings. The molecule has 0 bridgehead atoms. The van der Waals surface area contributed by atoms with Gasteiger partial charge in [-0.05, 0) is 64.3 Å². The van der Waals surface area contributed by atoms with E-state index < -0.39 is 6.10 Å². The van der Waals surface area contributed by atoms with Crippen LogP contribution in [0, 0.1) is 0 Å². The number of rotatable bonds is 8. The molecule has 0 aliphatic carbocycles. The maximum Gasteiger partial charge on any atom is 0.124 e.